The van der Waals surface area contributed by atoms with Gasteiger partial charge in [0.1, 0.15) is 5.82 Å². The quantitative estimate of drug-likeness (QED) is 0.900. The van der Waals surface area contributed by atoms with E-state index < -0.39 is 11.7 Å². The molecule has 0 aliphatic heterocycles. The molecule has 0 saturated carbocycles. The molecule has 0 saturated heterocycles. The molecule has 0 spiro atoms. The largest absolute Gasteiger partial charge is 0.416 e. The number of nitrogens with zero attached hydrogens (tertiary/aromatic N) is 1. The van der Waals surface area contributed by atoms with Crippen molar-refractivity contribution in [2.75, 3.05) is 6.54 Å². The maximum atomic E-state index is 12.7. The van der Waals surface area contributed by atoms with Crippen molar-refractivity contribution in [1.29, 1.82) is 0 Å². The Bertz CT molecular complexity index is 587. The van der Waals surface area contributed by atoms with Crippen molar-refractivity contribution < 1.29 is 13.2 Å². The molecule has 0 aliphatic rings. The summed E-state index contributed by atoms with van der Waals surface area (Å²) in [6, 6.07) is 3.53. The summed E-state index contributed by atoms with van der Waals surface area (Å²) in [5.41, 5.74) is 6.00. The van der Waals surface area contributed by atoms with E-state index in [2.05, 4.69) is 23.8 Å². The van der Waals surface area contributed by atoms with Gasteiger partial charge in [0.2, 0.25) is 0 Å². The zero-order valence-corrected chi connectivity index (χ0v) is 11.5. The van der Waals surface area contributed by atoms with E-state index in [4.69, 9.17) is 5.73 Å². The zero-order chi connectivity index (χ0) is 14.9. The number of imidazole rings is 1. The molecule has 0 fully saturated rings. The Morgan fingerprint density at radius 3 is 2.55 bits per heavy atom. The summed E-state index contributed by atoms with van der Waals surface area (Å²) in [6.07, 6.45) is -3.49. The third-order valence-electron chi connectivity index (χ3n) is 3.25. The lowest BCUT2D eigenvalue weighted by molar-refractivity contribution is -0.137. The van der Waals surface area contributed by atoms with E-state index in [1.807, 2.05) is 0 Å². The van der Waals surface area contributed by atoms with E-state index in [1.165, 1.54) is 6.07 Å². The van der Waals surface area contributed by atoms with Crippen LogP contribution in [0.25, 0.3) is 11.0 Å². The molecule has 20 heavy (non-hydrogen) atoms. The van der Waals surface area contributed by atoms with Crippen molar-refractivity contribution in [3.8, 4) is 0 Å². The first-order valence-electron chi connectivity index (χ1n) is 6.58. The lowest BCUT2D eigenvalue weighted by atomic mass is 9.97. The molecule has 0 aliphatic carbocycles. The highest BCUT2D eigenvalue weighted by Gasteiger charge is 2.30. The zero-order valence-electron chi connectivity index (χ0n) is 11.5. The van der Waals surface area contributed by atoms with Gasteiger partial charge in [0.25, 0.3) is 0 Å². The summed E-state index contributed by atoms with van der Waals surface area (Å²) in [4.78, 5) is 7.33. The number of hydrogen-bond acceptors (Lipinski definition) is 2. The van der Waals surface area contributed by atoms with Crippen LogP contribution in [0, 0.1) is 5.92 Å². The van der Waals surface area contributed by atoms with E-state index in [0.29, 0.717) is 29.3 Å². The number of nitrogens with one attached hydrogen (secondary N) is 1. The van der Waals surface area contributed by atoms with Gasteiger partial charge in [-0.2, -0.15) is 13.2 Å². The number of aromatic amines is 1. The first kappa shape index (κ1) is 14.8. The topological polar surface area (TPSA) is 54.7 Å². The number of nitrogens with two attached hydrogens (primary N) is 1. The molecule has 1 aromatic heterocycles. The Hall–Kier alpha value is -1.56. The number of halogens is 3. The summed E-state index contributed by atoms with van der Waals surface area (Å²) in [7, 11) is 0. The molecule has 2 rings (SSSR count). The monoisotopic (exact) mass is 285 g/mol. The van der Waals surface area contributed by atoms with Crippen LogP contribution in [0.2, 0.25) is 0 Å². The lowest BCUT2D eigenvalue weighted by Crippen LogP contribution is -2.15. The van der Waals surface area contributed by atoms with E-state index in [9.17, 15) is 13.2 Å². The molecule has 3 N–H and O–H groups in total. The minimum absolute atomic E-state index is 0.0386. The second kappa shape index (κ2) is 5.44. The summed E-state index contributed by atoms with van der Waals surface area (Å²) in [5, 5.41) is 0. The molecule has 3 nitrogen and oxygen atoms in total. The lowest BCUT2D eigenvalue weighted by Gasteiger charge is -2.14. The Kier molecular flexibility index (Phi) is 4.04. The number of fused-ring (bicyclic) bond motifs is 1. The maximum absolute atomic E-state index is 12.7. The molecule has 0 radical (unpaired) electrons. The summed E-state index contributed by atoms with van der Waals surface area (Å²) >= 11 is 0. The van der Waals surface area contributed by atoms with Gasteiger partial charge >= 0.3 is 6.18 Å². The molecule has 1 heterocycles. The molecule has 1 unspecified atom stereocenters. The molecule has 0 amide bonds. The Balaban J connectivity index is 2.38. The van der Waals surface area contributed by atoms with Gasteiger partial charge in [-0.1, -0.05) is 13.8 Å². The maximum Gasteiger partial charge on any atom is 0.416 e. The van der Waals surface area contributed by atoms with Gasteiger partial charge in [0.05, 0.1) is 16.6 Å². The van der Waals surface area contributed by atoms with Crippen molar-refractivity contribution in [3.63, 3.8) is 0 Å². The SMILES string of the molecule is CC(C)CC(CN)c1nc2ccc(C(F)(F)F)cc2[nH]1. The fraction of sp³-hybridized carbons (Fsp3) is 0.500. The van der Waals surface area contributed by atoms with Gasteiger partial charge in [-0.25, -0.2) is 4.98 Å². The molecular formula is C14H18F3N3. The molecule has 110 valence electrons. The molecule has 1 aromatic carbocycles. The minimum atomic E-state index is -4.34. The highest BCUT2D eigenvalue weighted by molar-refractivity contribution is 5.76. The predicted octanol–water partition coefficient (Wildman–Crippen LogP) is 3.67. The standard InChI is InChI=1S/C14H18F3N3/c1-8(2)5-9(7-18)13-19-11-4-3-10(14(15,16)17)6-12(11)20-13/h3-4,6,8-9H,5,7,18H2,1-2H3,(H,19,20). The third kappa shape index (κ3) is 3.12. The average Bonchev–Trinajstić information content (AvgIpc) is 2.76. The smallest absolute Gasteiger partial charge is 0.342 e. The number of alkyl halides is 3. The van der Waals surface area contributed by atoms with Gasteiger partial charge < -0.3 is 10.7 Å². The number of rotatable bonds is 4. The fourth-order valence-electron chi connectivity index (χ4n) is 2.29. The van der Waals surface area contributed by atoms with E-state index in [-0.39, 0.29) is 5.92 Å². The van der Waals surface area contributed by atoms with Crippen molar-refractivity contribution in [3.05, 3.63) is 29.6 Å². The number of hydrogen-bond donors (Lipinski definition) is 2. The fourth-order valence-corrected chi connectivity index (χ4v) is 2.29. The summed E-state index contributed by atoms with van der Waals surface area (Å²) in [5.74, 6) is 1.15. The molecule has 1 atom stereocenters. The first-order chi connectivity index (χ1) is 9.31. The van der Waals surface area contributed by atoms with Crippen LogP contribution < -0.4 is 5.73 Å². The van der Waals surface area contributed by atoms with E-state index in [0.717, 1.165) is 18.6 Å². The van der Waals surface area contributed by atoms with Crippen molar-refractivity contribution >= 4 is 11.0 Å². The van der Waals surface area contributed by atoms with Crippen LogP contribution >= 0.6 is 0 Å². The predicted molar refractivity (Wildman–Crippen MR) is 72.3 cm³/mol. The van der Waals surface area contributed by atoms with Gasteiger partial charge in [0.15, 0.2) is 0 Å². The second-order valence-electron chi connectivity index (χ2n) is 5.41. The Morgan fingerprint density at radius 1 is 1.30 bits per heavy atom. The number of benzene rings is 1. The van der Waals surface area contributed by atoms with Crippen LogP contribution in [0.1, 0.15) is 37.6 Å². The van der Waals surface area contributed by atoms with Crippen LogP contribution in [0.15, 0.2) is 18.2 Å². The van der Waals surface area contributed by atoms with Crippen LogP contribution in [-0.4, -0.2) is 16.5 Å². The first-order valence-corrected chi connectivity index (χ1v) is 6.58. The van der Waals surface area contributed by atoms with Crippen LogP contribution in [0.4, 0.5) is 13.2 Å². The minimum Gasteiger partial charge on any atom is -0.342 e. The summed E-state index contributed by atoms with van der Waals surface area (Å²) < 4.78 is 38.0. The molecule has 0 bridgehead atoms. The van der Waals surface area contributed by atoms with Crippen molar-refractivity contribution in [2.45, 2.75) is 32.4 Å². The van der Waals surface area contributed by atoms with Crippen LogP contribution in [0.3, 0.4) is 0 Å². The van der Waals surface area contributed by atoms with Crippen LogP contribution in [0.5, 0.6) is 0 Å². The highest BCUT2D eigenvalue weighted by atomic mass is 19.4. The molecular weight excluding hydrogens is 267 g/mol. The number of aromatic nitrogens is 2. The normalized spacial score (nSPS) is 14.2. The summed E-state index contributed by atoms with van der Waals surface area (Å²) in [6.45, 7) is 4.57. The van der Waals surface area contributed by atoms with Gasteiger partial charge in [0, 0.05) is 12.5 Å². The Labute approximate surface area is 115 Å². The number of H-pyrrole nitrogens is 1. The van der Waals surface area contributed by atoms with Gasteiger partial charge in [-0.05, 0) is 30.5 Å². The van der Waals surface area contributed by atoms with Crippen LogP contribution in [-0.2, 0) is 6.18 Å². The van der Waals surface area contributed by atoms with Crippen molar-refractivity contribution in [1.82, 2.24) is 9.97 Å². The van der Waals surface area contributed by atoms with Crippen molar-refractivity contribution in [2.24, 2.45) is 11.7 Å². The molecule has 2 aromatic rings. The second-order valence-corrected chi connectivity index (χ2v) is 5.41. The highest BCUT2D eigenvalue weighted by Crippen LogP contribution is 2.31. The molecule has 6 heteroatoms. The van der Waals surface area contributed by atoms with E-state index in [1.54, 1.807) is 0 Å². The van der Waals surface area contributed by atoms with Gasteiger partial charge in [-0.3, -0.25) is 0 Å². The third-order valence-corrected chi connectivity index (χ3v) is 3.25. The van der Waals surface area contributed by atoms with Gasteiger partial charge in [-0.15, -0.1) is 0 Å². The van der Waals surface area contributed by atoms with E-state index >= 15 is 0 Å². The Morgan fingerprint density at radius 2 is 2.00 bits per heavy atom. The average molecular weight is 285 g/mol.